The molecule has 6 nitrogen and oxygen atoms in total. The Kier molecular flexibility index (Phi) is 5.61. The van der Waals surface area contributed by atoms with E-state index >= 15 is 0 Å². The minimum absolute atomic E-state index is 0.0426. The fourth-order valence-electron chi connectivity index (χ4n) is 3.01. The van der Waals surface area contributed by atoms with E-state index < -0.39 is 6.10 Å². The summed E-state index contributed by atoms with van der Waals surface area (Å²) >= 11 is 0. The molecule has 23 heavy (non-hydrogen) atoms. The average molecular weight is 319 g/mol. The molecule has 2 aliphatic rings. The summed E-state index contributed by atoms with van der Waals surface area (Å²) in [6, 6.07) is 8.09. The Balaban J connectivity index is 1.44. The Morgan fingerprint density at radius 1 is 1.26 bits per heavy atom. The molecule has 0 bridgehead atoms. The number of β-amino-alcohol motifs (C(OH)–C–C–N with tert-alkyl or cyclic N) is 1. The van der Waals surface area contributed by atoms with Gasteiger partial charge in [-0.05, 0) is 17.5 Å². The molecule has 0 aliphatic carbocycles. The molecule has 2 atom stereocenters. The average Bonchev–Trinajstić information content (AvgIpc) is 3.01. The van der Waals surface area contributed by atoms with E-state index in [1.54, 1.807) is 0 Å². The summed E-state index contributed by atoms with van der Waals surface area (Å²) in [7, 11) is 0. The normalized spacial score (nSPS) is 25.4. The summed E-state index contributed by atoms with van der Waals surface area (Å²) in [5.41, 5.74) is 2.37. The molecule has 126 valence electrons. The summed E-state index contributed by atoms with van der Waals surface area (Å²) in [5.74, 6) is -0.0426. The molecule has 2 saturated heterocycles. The molecule has 3 rings (SSSR count). The number of hydrogen-bond acceptors (Lipinski definition) is 5. The molecule has 6 heteroatoms. The molecule has 0 unspecified atom stereocenters. The summed E-state index contributed by atoms with van der Waals surface area (Å²) in [5, 5.41) is 15.4. The largest absolute Gasteiger partial charge is 0.392 e. The molecule has 0 spiro atoms. The first-order chi connectivity index (χ1) is 11.2. The molecule has 1 aromatic rings. The van der Waals surface area contributed by atoms with E-state index in [0.717, 1.165) is 38.4 Å². The topological polar surface area (TPSA) is 73.8 Å². The number of ether oxygens (including phenoxy) is 1. The van der Waals surface area contributed by atoms with Gasteiger partial charge in [-0.2, -0.15) is 0 Å². The van der Waals surface area contributed by atoms with Crippen LogP contribution in [0.5, 0.6) is 0 Å². The summed E-state index contributed by atoms with van der Waals surface area (Å²) in [4.78, 5) is 14.4. The van der Waals surface area contributed by atoms with Crippen LogP contribution in [0.3, 0.4) is 0 Å². The minimum atomic E-state index is -0.412. The zero-order valence-electron chi connectivity index (χ0n) is 13.3. The molecule has 2 heterocycles. The second-order valence-corrected chi connectivity index (χ2v) is 6.27. The monoisotopic (exact) mass is 319 g/mol. The standard InChI is InChI=1S/C17H25N3O3/c21-15-9-16(18-11-15)17(22)19-10-13-1-3-14(4-2-13)12-20-5-7-23-8-6-20/h1-4,15-16,18,21H,5-12H2,(H,19,22)/t15-,16-/m1/s1. The first-order valence-corrected chi connectivity index (χ1v) is 8.28. The molecule has 3 N–H and O–H groups in total. The fourth-order valence-corrected chi connectivity index (χ4v) is 3.01. The lowest BCUT2D eigenvalue weighted by atomic mass is 10.1. The SMILES string of the molecule is O=C(NCc1ccc(CN2CCOCC2)cc1)[C@H]1C[C@@H](O)CN1. The zero-order valence-corrected chi connectivity index (χ0v) is 13.3. The van der Waals surface area contributed by atoms with Crippen LogP contribution in [0.15, 0.2) is 24.3 Å². The van der Waals surface area contributed by atoms with Crippen LogP contribution in [0, 0.1) is 0 Å². The lowest BCUT2D eigenvalue weighted by Gasteiger charge is -2.26. The molecule has 0 radical (unpaired) electrons. The minimum Gasteiger partial charge on any atom is -0.392 e. The van der Waals surface area contributed by atoms with Crippen molar-refractivity contribution in [3.8, 4) is 0 Å². The van der Waals surface area contributed by atoms with Crippen molar-refractivity contribution >= 4 is 5.91 Å². The van der Waals surface area contributed by atoms with E-state index in [2.05, 4.69) is 39.8 Å². The van der Waals surface area contributed by atoms with Gasteiger partial charge in [0.05, 0.1) is 25.4 Å². The van der Waals surface area contributed by atoms with Crippen molar-refractivity contribution in [2.45, 2.75) is 31.7 Å². The number of nitrogens with one attached hydrogen (secondary N) is 2. The Labute approximate surface area is 136 Å². The maximum absolute atomic E-state index is 12.0. The molecule has 2 fully saturated rings. The number of carbonyl (C=O) groups excluding carboxylic acids is 1. The van der Waals surface area contributed by atoms with Gasteiger partial charge in [0.15, 0.2) is 0 Å². The van der Waals surface area contributed by atoms with Crippen LogP contribution >= 0.6 is 0 Å². The van der Waals surface area contributed by atoms with Gasteiger partial charge in [-0.25, -0.2) is 0 Å². The van der Waals surface area contributed by atoms with Crippen LogP contribution in [0.25, 0.3) is 0 Å². The van der Waals surface area contributed by atoms with Crippen LogP contribution in [-0.4, -0.2) is 60.9 Å². The highest BCUT2D eigenvalue weighted by Gasteiger charge is 2.27. The number of carbonyl (C=O) groups is 1. The van der Waals surface area contributed by atoms with Gasteiger partial charge in [-0.3, -0.25) is 9.69 Å². The Morgan fingerprint density at radius 2 is 1.96 bits per heavy atom. The smallest absolute Gasteiger partial charge is 0.237 e. The van der Waals surface area contributed by atoms with Crippen molar-refractivity contribution in [1.29, 1.82) is 0 Å². The number of benzene rings is 1. The van der Waals surface area contributed by atoms with E-state index in [1.165, 1.54) is 5.56 Å². The maximum Gasteiger partial charge on any atom is 0.237 e. The van der Waals surface area contributed by atoms with Crippen molar-refractivity contribution in [2.24, 2.45) is 0 Å². The van der Waals surface area contributed by atoms with E-state index in [4.69, 9.17) is 4.74 Å². The summed E-state index contributed by atoms with van der Waals surface area (Å²) in [6.07, 6.45) is 0.0786. The fraction of sp³-hybridized carbons (Fsp3) is 0.588. The van der Waals surface area contributed by atoms with Crippen molar-refractivity contribution in [3.05, 3.63) is 35.4 Å². The molecule has 1 aromatic carbocycles. The molecular weight excluding hydrogens is 294 g/mol. The zero-order chi connectivity index (χ0) is 16.1. The third-order valence-corrected chi connectivity index (χ3v) is 4.42. The summed E-state index contributed by atoms with van der Waals surface area (Å²) < 4.78 is 5.36. The van der Waals surface area contributed by atoms with Crippen LogP contribution in [0.1, 0.15) is 17.5 Å². The van der Waals surface area contributed by atoms with Crippen molar-refractivity contribution in [1.82, 2.24) is 15.5 Å². The number of rotatable bonds is 5. The van der Waals surface area contributed by atoms with Crippen LogP contribution in [0.2, 0.25) is 0 Å². The van der Waals surface area contributed by atoms with E-state index in [-0.39, 0.29) is 11.9 Å². The van der Waals surface area contributed by atoms with Gasteiger partial charge >= 0.3 is 0 Å². The van der Waals surface area contributed by atoms with Gasteiger partial charge in [0, 0.05) is 32.7 Å². The lowest BCUT2D eigenvalue weighted by molar-refractivity contribution is -0.123. The Morgan fingerprint density at radius 3 is 2.61 bits per heavy atom. The molecule has 0 saturated carbocycles. The number of hydrogen-bond donors (Lipinski definition) is 3. The van der Waals surface area contributed by atoms with Crippen molar-refractivity contribution < 1.29 is 14.6 Å². The first kappa shape index (κ1) is 16.4. The highest BCUT2D eigenvalue weighted by Crippen LogP contribution is 2.10. The Hall–Kier alpha value is -1.47. The quantitative estimate of drug-likeness (QED) is 0.704. The first-order valence-electron chi connectivity index (χ1n) is 8.28. The predicted molar refractivity (Wildman–Crippen MR) is 86.8 cm³/mol. The highest BCUT2D eigenvalue weighted by molar-refractivity contribution is 5.82. The van der Waals surface area contributed by atoms with Crippen LogP contribution < -0.4 is 10.6 Å². The Bertz CT molecular complexity index is 514. The number of morpholine rings is 1. The second kappa shape index (κ2) is 7.88. The number of nitrogens with zero attached hydrogens (tertiary/aromatic N) is 1. The highest BCUT2D eigenvalue weighted by atomic mass is 16.5. The van der Waals surface area contributed by atoms with Crippen LogP contribution in [0.4, 0.5) is 0 Å². The van der Waals surface area contributed by atoms with E-state index in [9.17, 15) is 9.90 Å². The van der Waals surface area contributed by atoms with Gasteiger partial charge in [0.25, 0.3) is 0 Å². The molecule has 2 aliphatic heterocycles. The van der Waals surface area contributed by atoms with Gasteiger partial charge in [-0.15, -0.1) is 0 Å². The van der Waals surface area contributed by atoms with E-state index in [1.807, 2.05) is 0 Å². The van der Waals surface area contributed by atoms with Gasteiger partial charge in [-0.1, -0.05) is 24.3 Å². The maximum atomic E-state index is 12.0. The number of aliphatic hydroxyl groups is 1. The molecule has 0 aromatic heterocycles. The van der Waals surface area contributed by atoms with Gasteiger partial charge in [0.1, 0.15) is 0 Å². The molecular formula is C17H25N3O3. The van der Waals surface area contributed by atoms with Crippen molar-refractivity contribution in [2.75, 3.05) is 32.8 Å². The third-order valence-electron chi connectivity index (χ3n) is 4.42. The number of aliphatic hydroxyl groups excluding tert-OH is 1. The van der Waals surface area contributed by atoms with E-state index in [0.29, 0.717) is 19.5 Å². The summed E-state index contributed by atoms with van der Waals surface area (Å²) in [6.45, 7) is 5.55. The predicted octanol–water partition coefficient (Wildman–Crippen LogP) is -0.142. The van der Waals surface area contributed by atoms with Crippen molar-refractivity contribution in [3.63, 3.8) is 0 Å². The van der Waals surface area contributed by atoms with Crippen LogP contribution in [-0.2, 0) is 22.6 Å². The number of amides is 1. The second-order valence-electron chi connectivity index (χ2n) is 6.27. The molecule has 1 amide bonds. The lowest BCUT2D eigenvalue weighted by Crippen LogP contribution is -2.40. The van der Waals surface area contributed by atoms with Gasteiger partial charge in [0.2, 0.25) is 5.91 Å². The third kappa shape index (κ3) is 4.75. The van der Waals surface area contributed by atoms with Gasteiger partial charge < -0.3 is 20.5 Å².